The van der Waals surface area contributed by atoms with E-state index in [2.05, 4.69) is 37.4 Å². The maximum absolute atomic E-state index is 11.6. The minimum absolute atomic E-state index is 0.177. The normalized spacial score (nSPS) is 12.2. The number of thioether (sulfide) groups is 1. The van der Waals surface area contributed by atoms with Crippen LogP contribution in [0.15, 0.2) is 23.1 Å². The van der Waals surface area contributed by atoms with Crippen LogP contribution in [-0.2, 0) is 9.53 Å². The predicted octanol–water partition coefficient (Wildman–Crippen LogP) is 2.94. The summed E-state index contributed by atoms with van der Waals surface area (Å²) in [5, 5.41) is 3.16. The number of carbonyl (C=O) groups is 1. The van der Waals surface area contributed by atoms with Crippen molar-refractivity contribution in [3.05, 3.63) is 29.3 Å². The lowest BCUT2D eigenvalue weighted by Crippen LogP contribution is -2.37. The summed E-state index contributed by atoms with van der Waals surface area (Å²) in [6.45, 7) is 6.98. The Balaban J connectivity index is 2.51. The van der Waals surface area contributed by atoms with Crippen LogP contribution < -0.4 is 5.32 Å². The van der Waals surface area contributed by atoms with Crippen LogP contribution in [0.4, 0.5) is 0 Å². The van der Waals surface area contributed by atoms with E-state index in [9.17, 15) is 4.79 Å². The van der Waals surface area contributed by atoms with Gasteiger partial charge in [-0.25, -0.2) is 0 Å². The van der Waals surface area contributed by atoms with Crippen LogP contribution in [0, 0.1) is 13.8 Å². The fraction of sp³-hybridized carbons (Fsp3) is 0.533. The first-order valence-corrected chi connectivity index (χ1v) is 7.58. The van der Waals surface area contributed by atoms with Crippen molar-refractivity contribution in [2.24, 2.45) is 0 Å². The Morgan fingerprint density at radius 2 is 2.16 bits per heavy atom. The minimum atomic E-state index is -0.201. The molecule has 0 fully saturated rings. The standard InChI is InChI=1S/C15H23NO2S/c1-5-16-13(15(17)18-4)8-9-19-14-10-11(2)6-7-12(14)3/h6-7,10,13,16H,5,8-9H2,1-4H3. The average Bonchev–Trinajstić information content (AvgIpc) is 2.40. The molecule has 1 rings (SSSR count). The molecule has 1 atom stereocenters. The maximum Gasteiger partial charge on any atom is 0.322 e. The van der Waals surface area contributed by atoms with Crippen molar-refractivity contribution >= 4 is 17.7 Å². The zero-order valence-corrected chi connectivity index (χ0v) is 13.0. The first-order valence-electron chi connectivity index (χ1n) is 6.59. The molecule has 1 aromatic carbocycles. The smallest absolute Gasteiger partial charge is 0.322 e. The van der Waals surface area contributed by atoms with Gasteiger partial charge >= 0.3 is 5.97 Å². The molecule has 1 aromatic rings. The van der Waals surface area contributed by atoms with Gasteiger partial charge in [-0.05, 0) is 38.4 Å². The number of ether oxygens (including phenoxy) is 1. The highest BCUT2D eigenvalue weighted by Crippen LogP contribution is 2.24. The molecule has 4 heteroatoms. The van der Waals surface area contributed by atoms with Gasteiger partial charge < -0.3 is 10.1 Å². The van der Waals surface area contributed by atoms with Crippen molar-refractivity contribution < 1.29 is 9.53 Å². The van der Waals surface area contributed by atoms with Crippen LogP contribution in [0.2, 0.25) is 0 Å². The summed E-state index contributed by atoms with van der Waals surface area (Å²) >= 11 is 1.80. The van der Waals surface area contributed by atoms with Crippen molar-refractivity contribution in [3.63, 3.8) is 0 Å². The third-order valence-corrected chi connectivity index (χ3v) is 4.13. The van der Waals surface area contributed by atoms with E-state index in [0.29, 0.717) is 0 Å². The Hall–Kier alpha value is -1.00. The SMILES string of the molecule is CCNC(CCSc1cc(C)ccc1C)C(=O)OC. The highest BCUT2D eigenvalue weighted by atomic mass is 32.2. The van der Waals surface area contributed by atoms with Crippen molar-refractivity contribution in [1.29, 1.82) is 0 Å². The van der Waals surface area contributed by atoms with Crippen molar-refractivity contribution in [2.45, 2.75) is 38.1 Å². The monoisotopic (exact) mass is 281 g/mol. The number of esters is 1. The van der Waals surface area contributed by atoms with Crippen molar-refractivity contribution in [1.82, 2.24) is 5.32 Å². The number of methoxy groups -OCH3 is 1. The highest BCUT2D eigenvalue weighted by Gasteiger charge is 2.17. The van der Waals surface area contributed by atoms with Gasteiger partial charge in [-0.2, -0.15) is 0 Å². The van der Waals surface area contributed by atoms with E-state index < -0.39 is 0 Å². The summed E-state index contributed by atoms with van der Waals surface area (Å²) in [5.74, 6) is 0.722. The third-order valence-electron chi connectivity index (χ3n) is 2.94. The Kier molecular flexibility index (Phi) is 6.95. The van der Waals surface area contributed by atoms with Gasteiger partial charge in [0.25, 0.3) is 0 Å². The fourth-order valence-corrected chi connectivity index (χ4v) is 2.98. The molecule has 0 saturated carbocycles. The number of aryl methyl sites for hydroxylation is 2. The number of hydrogen-bond acceptors (Lipinski definition) is 4. The van der Waals surface area contributed by atoms with Gasteiger partial charge in [0.05, 0.1) is 7.11 Å². The van der Waals surface area contributed by atoms with Crippen LogP contribution >= 0.6 is 11.8 Å². The molecule has 19 heavy (non-hydrogen) atoms. The zero-order chi connectivity index (χ0) is 14.3. The second-order valence-corrected chi connectivity index (χ2v) is 5.68. The van der Waals surface area contributed by atoms with Gasteiger partial charge in [0.2, 0.25) is 0 Å². The first-order chi connectivity index (χ1) is 9.08. The molecule has 0 aliphatic heterocycles. The van der Waals surface area contributed by atoms with Crippen LogP contribution in [0.5, 0.6) is 0 Å². The largest absolute Gasteiger partial charge is 0.468 e. The number of carbonyl (C=O) groups excluding carboxylic acids is 1. The van der Waals surface area contributed by atoms with Crippen molar-refractivity contribution in [2.75, 3.05) is 19.4 Å². The fourth-order valence-electron chi connectivity index (χ4n) is 1.84. The maximum atomic E-state index is 11.6. The van der Waals surface area contributed by atoms with E-state index in [4.69, 9.17) is 4.74 Å². The number of likely N-dealkylation sites (N-methyl/N-ethyl adjacent to an activating group) is 1. The molecular formula is C15H23NO2S. The molecule has 0 aliphatic rings. The number of rotatable bonds is 7. The molecule has 0 aliphatic carbocycles. The molecule has 0 heterocycles. The number of hydrogen-bond donors (Lipinski definition) is 1. The highest BCUT2D eigenvalue weighted by molar-refractivity contribution is 7.99. The summed E-state index contributed by atoms with van der Waals surface area (Å²) in [7, 11) is 1.44. The van der Waals surface area contributed by atoms with Gasteiger partial charge in [0.15, 0.2) is 0 Å². The molecule has 1 unspecified atom stereocenters. The summed E-state index contributed by atoms with van der Waals surface area (Å²) in [6.07, 6.45) is 0.776. The summed E-state index contributed by atoms with van der Waals surface area (Å²) in [6, 6.07) is 6.25. The van der Waals surface area contributed by atoms with E-state index in [1.54, 1.807) is 11.8 Å². The van der Waals surface area contributed by atoms with Crippen LogP contribution in [0.3, 0.4) is 0 Å². The Bertz CT molecular complexity index is 421. The van der Waals surface area contributed by atoms with Gasteiger partial charge in [-0.3, -0.25) is 4.79 Å². The zero-order valence-electron chi connectivity index (χ0n) is 12.2. The second-order valence-electron chi connectivity index (χ2n) is 4.54. The molecule has 1 N–H and O–H groups in total. The van der Waals surface area contributed by atoms with E-state index in [1.807, 2.05) is 6.92 Å². The van der Waals surface area contributed by atoms with E-state index in [-0.39, 0.29) is 12.0 Å². The number of nitrogens with one attached hydrogen (secondary N) is 1. The minimum Gasteiger partial charge on any atom is -0.468 e. The lowest BCUT2D eigenvalue weighted by molar-refractivity contribution is -0.143. The topological polar surface area (TPSA) is 38.3 Å². The molecular weight excluding hydrogens is 258 g/mol. The van der Waals surface area contributed by atoms with E-state index in [0.717, 1.165) is 18.7 Å². The van der Waals surface area contributed by atoms with Gasteiger partial charge in [0, 0.05) is 10.6 Å². The van der Waals surface area contributed by atoms with E-state index in [1.165, 1.54) is 23.1 Å². The molecule has 0 spiro atoms. The summed E-state index contributed by atoms with van der Waals surface area (Å²) < 4.78 is 4.80. The molecule has 3 nitrogen and oxygen atoms in total. The number of benzene rings is 1. The summed E-state index contributed by atoms with van der Waals surface area (Å²) in [4.78, 5) is 12.9. The van der Waals surface area contributed by atoms with Crippen LogP contribution in [0.1, 0.15) is 24.5 Å². The van der Waals surface area contributed by atoms with Crippen LogP contribution in [-0.4, -0.2) is 31.4 Å². The summed E-state index contributed by atoms with van der Waals surface area (Å²) in [5.41, 5.74) is 2.55. The van der Waals surface area contributed by atoms with Gasteiger partial charge in [-0.1, -0.05) is 24.6 Å². The van der Waals surface area contributed by atoms with Crippen LogP contribution in [0.25, 0.3) is 0 Å². The average molecular weight is 281 g/mol. The molecule has 0 radical (unpaired) electrons. The van der Waals surface area contributed by atoms with E-state index >= 15 is 0 Å². The second kappa shape index (κ2) is 8.23. The molecule has 106 valence electrons. The Labute approximate surface area is 120 Å². The lowest BCUT2D eigenvalue weighted by atomic mass is 10.2. The molecule has 0 aromatic heterocycles. The van der Waals surface area contributed by atoms with Gasteiger partial charge in [0.1, 0.15) is 6.04 Å². The Morgan fingerprint density at radius 3 is 2.79 bits per heavy atom. The Morgan fingerprint density at radius 1 is 1.42 bits per heavy atom. The lowest BCUT2D eigenvalue weighted by Gasteiger charge is -2.15. The molecule has 0 amide bonds. The first kappa shape index (κ1) is 16.1. The quantitative estimate of drug-likeness (QED) is 0.616. The predicted molar refractivity (Wildman–Crippen MR) is 80.7 cm³/mol. The molecule has 0 saturated heterocycles. The third kappa shape index (κ3) is 5.25. The van der Waals surface area contributed by atoms with Crippen molar-refractivity contribution in [3.8, 4) is 0 Å². The van der Waals surface area contributed by atoms with Gasteiger partial charge in [-0.15, -0.1) is 11.8 Å². The molecule has 0 bridgehead atoms.